The van der Waals surface area contributed by atoms with Crippen molar-refractivity contribution in [1.29, 1.82) is 0 Å². The Morgan fingerprint density at radius 3 is 1.11 bits per heavy atom. The third kappa shape index (κ3) is 12.7. The summed E-state index contributed by atoms with van der Waals surface area (Å²) in [4.78, 5) is 32.0. The molecule has 0 amide bonds. The number of aromatic nitrogens is 9. The van der Waals surface area contributed by atoms with E-state index in [-0.39, 0.29) is 5.41 Å². The Morgan fingerprint density at radius 1 is 0.245 bits per heavy atom. The average Bonchev–Trinajstić information content (AvgIpc) is 1.72. The van der Waals surface area contributed by atoms with Crippen LogP contribution in [0.25, 0.3) is 237 Å². The molecular weight excluding hydrogens is 1810 g/mol. The van der Waals surface area contributed by atoms with Crippen LogP contribution in [-0.2, 0) is 5.41 Å². The molecule has 1 aliphatic carbocycles. The second kappa shape index (κ2) is 31.9. The van der Waals surface area contributed by atoms with Crippen molar-refractivity contribution in [1.82, 2.24) is 43.6 Å². The van der Waals surface area contributed by atoms with Crippen LogP contribution in [0, 0.1) is 0 Å². The highest BCUT2D eigenvalue weighted by atomic mass is 32.1. The van der Waals surface area contributed by atoms with Gasteiger partial charge in [0.25, 0.3) is 0 Å². The zero-order chi connectivity index (χ0) is 95.6. The molecule has 0 unspecified atom stereocenters. The molecule has 8 aromatic heterocycles. The van der Waals surface area contributed by atoms with E-state index in [0.717, 1.165) is 135 Å². The molecule has 0 atom stereocenters. The molecule has 0 bridgehead atoms. The first-order valence-corrected chi connectivity index (χ1v) is 59.2. The predicted molar refractivity (Wildman–Crippen MR) is 606 cm³/mol. The molecular formula is C129H93N9OSSi3. The molecule has 11 heterocycles. The van der Waals surface area contributed by atoms with Crippen LogP contribution < -0.4 is 31.1 Å². The summed E-state index contributed by atoms with van der Waals surface area (Å²) >= 11 is 1.87. The van der Waals surface area contributed by atoms with Gasteiger partial charge in [-0.25, -0.2) is 29.9 Å². The predicted octanol–water partition coefficient (Wildman–Crippen LogP) is 29.7. The van der Waals surface area contributed by atoms with E-state index in [1.807, 2.05) is 35.6 Å². The van der Waals surface area contributed by atoms with Crippen LogP contribution in [0.5, 0.6) is 0 Å². The first-order valence-electron chi connectivity index (χ1n) is 49.4. The van der Waals surface area contributed by atoms with Gasteiger partial charge in [0, 0.05) is 119 Å². The summed E-state index contributed by atoms with van der Waals surface area (Å²) in [6.45, 7) is 19.4. The summed E-state index contributed by atoms with van der Waals surface area (Å²) in [5, 5.41) is 20.7. The average molecular weight is 1900 g/mol. The van der Waals surface area contributed by atoms with Crippen molar-refractivity contribution in [3.63, 3.8) is 0 Å². The van der Waals surface area contributed by atoms with Gasteiger partial charge in [-0.2, -0.15) is 0 Å². The van der Waals surface area contributed by atoms with Crippen LogP contribution in [0.2, 0.25) is 39.3 Å². The zero-order valence-electron chi connectivity index (χ0n) is 80.2. The first-order chi connectivity index (χ1) is 70.0. The highest BCUT2D eigenvalue weighted by Crippen LogP contribution is 2.54. The van der Waals surface area contributed by atoms with Crippen molar-refractivity contribution >= 4 is 174 Å². The molecule has 143 heavy (non-hydrogen) atoms. The number of rotatable bonds is 9. The van der Waals surface area contributed by atoms with Crippen LogP contribution >= 0.6 is 11.3 Å². The van der Waals surface area contributed by atoms with Crippen LogP contribution in [-0.4, -0.2) is 67.8 Å². The van der Waals surface area contributed by atoms with E-state index >= 15 is 0 Å². The highest BCUT2D eigenvalue weighted by molar-refractivity contribution is 7.26. The number of furan rings is 1. The van der Waals surface area contributed by atoms with Crippen LogP contribution in [0.15, 0.2) is 423 Å². The van der Waals surface area contributed by atoms with E-state index in [9.17, 15) is 0 Å². The van der Waals surface area contributed by atoms with Gasteiger partial charge in [-0.3, -0.25) is 0 Å². The number of fused-ring (bicyclic) bond motifs is 30. The zero-order valence-corrected chi connectivity index (χ0v) is 84.0. The lowest BCUT2D eigenvalue weighted by molar-refractivity contribution is 0.661. The Kier molecular flexibility index (Phi) is 18.8. The van der Waals surface area contributed by atoms with Crippen molar-refractivity contribution in [2.75, 3.05) is 0 Å². The van der Waals surface area contributed by atoms with Gasteiger partial charge in [0.05, 0.1) is 72.6 Å². The molecule has 14 heteroatoms. The lowest BCUT2D eigenvalue weighted by Crippen LogP contribution is -2.50. The highest BCUT2D eigenvalue weighted by Gasteiger charge is 2.46. The standard InChI is InChI=1S/C45H35N3Si.C42H29N3OSi.C42H29N3SSi/c1-45(2)35-19-11-8-17-33(35)39-36(45)27-26-32-31-16-9-12-20-37(31)48(42(32)39)30-24-22-28(23-25-30)40-43-41(34-18-10-13-21-38(34)49(43,3)4)47-44(46-40)29-14-6-5-7-15-29;2*1-47(2)36-22-11-8-19-32(36)39-41(47)38(43-42(44-39)26-13-4-3-5-14-26)27-15-12-16-28(25-27)45-33-20-9-6-17-29(33)30-23-24-35-37(40(30)45)31-18-7-10-21-34(31)46-35/h5-27H,1-4H3;2*3-25H,1-2H3. The molecule has 10 nitrogen and oxygen atoms in total. The molecule has 30 rings (SSSR count). The van der Waals surface area contributed by atoms with E-state index in [2.05, 4.69) is 461 Å². The van der Waals surface area contributed by atoms with Gasteiger partial charge in [0.2, 0.25) is 0 Å². The van der Waals surface area contributed by atoms with Gasteiger partial charge in [0.1, 0.15) is 35.4 Å². The number of benzene rings is 18. The summed E-state index contributed by atoms with van der Waals surface area (Å²) in [6.07, 6.45) is 0. The van der Waals surface area contributed by atoms with Crippen molar-refractivity contribution in [2.24, 2.45) is 0 Å². The summed E-state index contributed by atoms with van der Waals surface area (Å²) in [6, 6.07) is 151. The van der Waals surface area contributed by atoms with Crippen LogP contribution in [0.3, 0.4) is 0 Å². The van der Waals surface area contributed by atoms with E-state index in [1.165, 1.54) is 145 Å². The molecule has 26 aromatic rings. The van der Waals surface area contributed by atoms with E-state index < -0.39 is 24.2 Å². The van der Waals surface area contributed by atoms with Crippen LogP contribution in [0.1, 0.15) is 25.0 Å². The molecule has 0 radical (unpaired) electrons. The van der Waals surface area contributed by atoms with E-state index in [1.54, 1.807) is 0 Å². The number of para-hydroxylation sites is 4. The normalized spacial score (nSPS) is 14.0. The minimum Gasteiger partial charge on any atom is -0.456 e. The number of nitrogens with zero attached hydrogens (tertiary/aromatic N) is 9. The maximum absolute atomic E-state index is 6.37. The van der Waals surface area contributed by atoms with Crippen molar-refractivity contribution < 1.29 is 4.42 Å². The van der Waals surface area contributed by atoms with Crippen LogP contribution in [0.4, 0.5) is 0 Å². The smallest absolute Gasteiger partial charge is 0.160 e. The van der Waals surface area contributed by atoms with Gasteiger partial charge in [0.15, 0.2) is 17.5 Å². The second-order valence-electron chi connectivity index (χ2n) is 40.6. The Balaban J connectivity index is 0.000000105. The van der Waals surface area contributed by atoms with E-state index in [4.69, 9.17) is 34.3 Å². The molecule has 0 fully saturated rings. The quantitative estimate of drug-likeness (QED) is 0.133. The maximum atomic E-state index is 6.37. The second-order valence-corrected chi connectivity index (χ2v) is 54.5. The number of thiophene rings is 1. The fourth-order valence-electron chi connectivity index (χ4n) is 24.6. The fourth-order valence-corrected chi connectivity index (χ4v) is 35.4. The van der Waals surface area contributed by atoms with Gasteiger partial charge >= 0.3 is 0 Å². The third-order valence-electron chi connectivity index (χ3n) is 31.1. The topological polar surface area (TPSA) is 105 Å². The molecule has 0 saturated carbocycles. The van der Waals surface area contributed by atoms with Crippen molar-refractivity contribution in [2.45, 2.75) is 58.5 Å². The SMILES string of the molecule is CC1(C)c2ccccc2-c2c1ccc1c3ccccc3n(-c3ccc(-c4nc(-c5ccccc5)nc5c4[Si](C)(C)c4ccccc4-5)cc3)c21.C[Si]1(C)c2ccccc2-c2nc(-c3ccccc3)nc(-c3cccc(-n4c5ccccc5c5ccc6oc7ccccc7c6c54)c3)c21.C[Si]1(C)c2ccccc2-c2nc(-c3ccccc3)nc(-c3cccc(-n4c5ccccc5c5ccc6sc7ccccc7c6c54)c3)c21. The Morgan fingerprint density at radius 2 is 0.615 bits per heavy atom. The summed E-state index contributed by atoms with van der Waals surface area (Å²) < 4.78 is 16.4. The Bertz CT molecular complexity index is 9500. The van der Waals surface area contributed by atoms with Gasteiger partial charge < -0.3 is 18.1 Å². The molecule has 18 aromatic carbocycles. The summed E-state index contributed by atoms with van der Waals surface area (Å²) in [7, 11) is -6.26. The lowest BCUT2D eigenvalue weighted by Gasteiger charge is -2.22. The molecule has 0 spiro atoms. The first kappa shape index (κ1) is 84.3. The molecule has 4 aliphatic rings. The minimum absolute atomic E-state index is 0.0661. The maximum Gasteiger partial charge on any atom is 0.160 e. The molecule has 3 aliphatic heterocycles. The molecule has 0 N–H and O–H groups in total. The monoisotopic (exact) mass is 1900 g/mol. The lowest BCUT2D eigenvalue weighted by atomic mass is 9.82. The number of hydrogen-bond acceptors (Lipinski definition) is 8. The van der Waals surface area contributed by atoms with Crippen molar-refractivity contribution in [3.8, 4) is 130 Å². The summed E-state index contributed by atoms with van der Waals surface area (Å²) in [5.74, 6) is 2.31. The van der Waals surface area contributed by atoms with Gasteiger partial charge in [-0.1, -0.05) is 387 Å². The minimum atomic E-state index is -2.11. The number of hydrogen-bond donors (Lipinski definition) is 0. The molecule has 678 valence electrons. The Labute approximate surface area is 834 Å². The van der Waals surface area contributed by atoms with Crippen molar-refractivity contribution in [3.05, 3.63) is 430 Å². The summed E-state index contributed by atoms with van der Waals surface area (Å²) in [5.41, 5.74) is 34.5. The molecule has 0 saturated heterocycles. The largest absolute Gasteiger partial charge is 0.456 e. The Hall–Kier alpha value is -16.7. The third-order valence-corrected chi connectivity index (χ3v) is 42.8. The van der Waals surface area contributed by atoms with E-state index in [0.29, 0.717) is 0 Å². The van der Waals surface area contributed by atoms with Gasteiger partial charge in [-0.05, 0) is 149 Å². The van der Waals surface area contributed by atoms with Gasteiger partial charge in [-0.15, -0.1) is 11.3 Å². The fraction of sp³-hybridized carbons (Fsp3) is 0.0698.